The molecule has 1 N–H and O–H groups in total. The summed E-state index contributed by atoms with van der Waals surface area (Å²) in [7, 11) is 0. The van der Waals surface area contributed by atoms with E-state index in [9.17, 15) is 0 Å². The highest BCUT2D eigenvalue weighted by Crippen LogP contribution is 2.28. The second-order valence-corrected chi connectivity index (χ2v) is 3.49. The molecule has 0 unspecified atom stereocenters. The van der Waals surface area contributed by atoms with Crippen molar-refractivity contribution in [3.8, 4) is 0 Å². The number of hydrogen-bond acceptors (Lipinski definition) is 1. The van der Waals surface area contributed by atoms with E-state index in [-0.39, 0.29) is 0 Å². The van der Waals surface area contributed by atoms with Crippen LogP contribution in [-0.4, -0.2) is 11.7 Å². The highest BCUT2D eigenvalue weighted by atomic mass is 16.3. The summed E-state index contributed by atoms with van der Waals surface area (Å²) in [5.41, 5.74) is 0. The molecule has 0 spiro atoms. The molecule has 0 amide bonds. The third-order valence-corrected chi connectivity index (χ3v) is 2.61. The van der Waals surface area contributed by atoms with Crippen LogP contribution in [-0.2, 0) is 0 Å². The Bertz CT molecular complexity index is 121. The smallest absolute Gasteiger partial charge is 0.0459 e. The van der Waals surface area contributed by atoms with Gasteiger partial charge < -0.3 is 5.11 Å². The van der Waals surface area contributed by atoms with Crippen molar-refractivity contribution < 1.29 is 5.11 Å². The van der Waals surface area contributed by atoms with Crippen LogP contribution in [0, 0.1) is 11.8 Å². The van der Waals surface area contributed by atoms with Crippen molar-refractivity contribution in [1.82, 2.24) is 0 Å². The zero-order chi connectivity index (χ0) is 8.10. The lowest BCUT2D eigenvalue weighted by atomic mass is 9.82. The highest BCUT2D eigenvalue weighted by molar-refractivity contribution is 4.88. The molecule has 1 saturated carbocycles. The summed E-state index contributed by atoms with van der Waals surface area (Å²) in [4.78, 5) is 0. The molecule has 1 rings (SSSR count). The van der Waals surface area contributed by atoms with Crippen LogP contribution in [0.4, 0.5) is 0 Å². The van der Waals surface area contributed by atoms with Gasteiger partial charge >= 0.3 is 0 Å². The SMILES string of the molecule is CC=CC1CCC(CO)CC1. The van der Waals surface area contributed by atoms with Crippen molar-refractivity contribution >= 4 is 0 Å². The number of aliphatic hydroxyl groups is 1. The first-order chi connectivity index (χ1) is 5.36. The number of hydrogen-bond donors (Lipinski definition) is 1. The first-order valence-corrected chi connectivity index (χ1v) is 4.60. The van der Waals surface area contributed by atoms with E-state index >= 15 is 0 Å². The van der Waals surface area contributed by atoms with Crippen LogP contribution in [0.15, 0.2) is 12.2 Å². The molecule has 0 aliphatic heterocycles. The van der Waals surface area contributed by atoms with Crippen molar-refractivity contribution in [1.29, 1.82) is 0 Å². The van der Waals surface area contributed by atoms with Crippen LogP contribution >= 0.6 is 0 Å². The molecule has 1 nitrogen and oxygen atoms in total. The monoisotopic (exact) mass is 154 g/mol. The molecular formula is C10H18O. The Balaban J connectivity index is 2.24. The van der Waals surface area contributed by atoms with Crippen LogP contribution in [0.2, 0.25) is 0 Å². The van der Waals surface area contributed by atoms with E-state index in [0.717, 1.165) is 5.92 Å². The minimum Gasteiger partial charge on any atom is -0.396 e. The quantitative estimate of drug-likeness (QED) is 0.605. The third kappa shape index (κ3) is 2.66. The van der Waals surface area contributed by atoms with E-state index in [2.05, 4.69) is 19.1 Å². The zero-order valence-corrected chi connectivity index (χ0v) is 7.29. The molecule has 0 atom stereocenters. The highest BCUT2D eigenvalue weighted by Gasteiger charge is 2.17. The maximum Gasteiger partial charge on any atom is 0.0459 e. The van der Waals surface area contributed by atoms with Gasteiger partial charge in [-0.3, -0.25) is 0 Å². The fraction of sp³-hybridized carbons (Fsp3) is 0.800. The van der Waals surface area contributed by atoms with Crippen LogP contribution < -0.4 is 0 Å². The zero-order valence-electron chi connectivity index (χ0n) is 7.29. The van der Waals surface area contributed by atoms with Crippen molar-refractivity contribution in [2.24, 2.45) is 11.8 Å². The Kier molecular flexibility index (Phi) is 3.64. The molecule has 1 aliphatic carbocycles. The normalized spacial score (nSPS) is 32.9. The third-order valence-electron chi connectivity index (χ3n) is 2.61. The van der Waals surface area contributed by atoms with Gasteiger partial charge in [0.05, 0.1) is 0 Å². The van der Waals surface area contributed by atoms with Gasteiger partial charge in [-0.1, -0.05) is 12.2 Å². The van der Waals surface area contributed by atoms with E-state index < -0.39 is 0 Å². The summed E-state index contributed by atoms with van der Waals surface area (Å²) >= 11 is 0. The number of rotatable bonds is 2. The summed E-state index contributed by atoms with van der Waals surface area (Å²) < 4.78 is 0. The topological polar surface area (TPSA) is 20.2 Å². The summed E-state index contributed by atoms with van der Waals surface area (Å²) in [6.45, 7) is 2.47. The van der Waals surface area contributed by atoms with Gasteiger partial charge in [0.1, 0.15) is 0 Å². The Morgan fingerprint density at radius 3 is 2.36 bits per heavy atom. The molecule has 1 heteroatoms. The van der Waals surface area contributed by atoms with Crippen LogP contribution in [0.25, 0.3) is 0 Å². The first kappa shape index (κ1) is 8.79. The van der Waals surface area contributed by atoms with Crippen LogP contribution in [0.1, 0.15) is 32.6 Å². The average Bonchev–Trinajstić information content (AvgIpc) is 2.07. The molecule has 1 aliphatic rings. The Morgan fingerprint density at radius 1 is 1.27 bits per heavy atom. The van der Waals surface area contributed by atoms with Gasteiger partial charge in [0.25, 0.3) is 0 Å². The molecule has 0 bridgehead atoms. The van der Waals surface area contributed by atoms with E-state index in [4.69, 9.17) is 5.11 Å². The fourth-order valence-corrected chi connectivity index (χ4v) is 1.84. The molecule has 0 radical (unpaired) electrons. The van der Waals surface area contributed by atoms with Gasteiger partial charge in [-0.2, -0.15) is 0 Å². The van der Waals surface area contributed by atoms with E-state index in [1.807, 2.05) is 0 Å². The molecule has 0 saturated heterocycles. The maximum absolute atomic E-state index is 8.89. The van der Waals surface area contributed by atoms with Crippen LogP contribution in [0.5, 0.6) is 0 Å². The predicted octanol–water partition coefficient (Wildman–Crippen LogP) is 2.36. The van der Waals surface area contributed by atoms with Crippen molar-refractivity contribution in [2.45, 2.75) is 32.6 Å². The fourth-order valence-electron chi connectivity index (χ4n) is 1.84. The number of aliphatic hydroxyl groups excluding tert-OH is 1. The lowest BCUT2D eigenvalue weighted by molar-refractivity contribution is 0.177. The average molecular weight is 154 g/mol. The Morgan fingerprint density at radius 2 is 1.91 bits per heavy atom. The molecule has 1 fully saturated rings. The summed E-state index contributed by atoms with van der Waals surface area (Å²) in [6, 6.07) is 0. The summed E-state index contributed by atoms with van der Waals surface area (Å²) in [6.07, 6.45) is 9.42. The van der Waals surface area contributed by atoms with E-state index in [0.29, 0.717) is 12.5 Å². The van der Waals surface area contributed by atoms with Crippen LogP contribution in [0.3, 0.4) is 0 Å². The standard InChI is InChI=1S/C10H18O/c1-2-3-9-4-6-10(8-11)7-5-9/h2-3,9-11H,4-8H2,1H3. The lowest BCUT2D eigenvalue weighted by Crippen LogP contribution is -2.15. The van der Waals surface area contributed by atoms with Crippen molar-refractivity contribution in [2.75, 3.05) is 6.61 Å². The Labute approximate surface area is 69.1 Å². The van der Waals surface area contributed by atoms with Gasteiger partial charge in [-0.25, -0.2) is 0 Å². The van der Waals surface area contributed by atoms with Gasteiger partial charge in [-0.05, 0) is 44.4 Å². The van der Waals surface area contributed by atoms with E-state index in [1.165, 1.54) is 25.7 Å². The lowest BCUT2D eigenvalue weighted by Gasteiger charge is -2.24. The minimum atomic E-state index is 0.391. The molecule has 64 valence electrons. The number of allylic oxidation sites excluding steroid dienone is 2. The van der Waals surface area contributed by atoms with Gasteiger partial charge in [0.15, 0.2) is 0 Å². The molecule has 11 heavy (non-hydrogen) atoms. The van der Waals surface area contributed by atoms with Gasteiger partial charge in [-0.15, -0.1) is 0 Å². The van der Waals surface area contributed by atoms with Crippen molar-refractivity contribution in [3.05, 3.63) is 12.2 Å². The predicted molar refractivity (Wildman–Crippen MR) is 47.3 cm³/mol. The molecule has 0 aromatic carbocycles. The molecule has 0 aromatic heterocycles. The minimum absolute atomic E-state index is 0.391. The van der Waals surface area contributed by atoms with Crippen molar-refractivity contribution in [3.63, 3.8) is 0 Å². The Hall–Kier alpha value is -0.300. The molecule has 0 aromatic rings. The molecular weight excluding hydrogens is 136 g/mol. The second-order valence-electron chi connectivity index (χ2n) is 3.49. The second kappa shape index (κ2) is 4.55. The van der Waals surface area contributed by atoms with Gasteiger partial charge in [0.2, 0.25) is 0 Å². The molecule has 0 heterocycles. The summed E-state index contributed by atoms with van der Waals surface area (Å²) in [5, 5.41) is 8.89. The van der Waals surface area contributed by atoms with E-state index in [1.54, 1.807) is 0 Å². The van der Waals surface area contributed by atoms with Gasteiger partial charge in [0, 0.05) is 6.61 Å². The first-order valence-electron chi connectivity index (χ1n) is 4.60. The summed E-state index contributed by atoms with van der Waals surface area (Å²) in [5.74, 6) is 1.39. The maximum atomic E-state index is 8.89. The largest absolute Gasteiger partial charge is 0.396 e.